The van der Waals surface area contributed by atoms with Gasteiger partial charge in [0.1, 0.15) is 0 Å². The molecule has 0 fully saturated rings. The lowest BCUT2D eigenvalue weighted by Gasteiger charge is -2.11. The molecule has 0 aliphatic rings. The summed E-state index contributed by atoms with van der Waals surface area (Å²) in [7, 11) is 0. The van der Waals surface area contributed by atoms with Crippen LogP contribution in [0.2, 0.25) is 0 Å². The minimum atomic E-state index is -0.797. The van der Waals surface area contributed by atoms with Gasteiger partial charge in [-0.3, -0.25) is 4.79 Å². The minimum absolute atomic E-state index is 0.277. The second-order valence-corrected chi connectivity index (χ2v) is 3.18. The fraction of sp³-hybridized carbons (Fsp3) is 0.545. The Hall–Kier alpha value is -1.23. The van der Waals surface area contributed by atoms with Gasteiger partial charge in [0.05, 0.1) is 5.92 Å². The Balaban J connectivity index is 4.10. The molecule has 0 aliphatic carbocycles. The lowest BCUT2D eigenvalue weighted by atomic mass is 9.93. The SMILES string of the molecule is C#CCC(CC(C)C=CC)C(=O)O. The van der Waals surface area contributed by atoms with Crippen molar-refractivity contribution in [3.05, 3.63) is 12.2 Å². The van der Waals surface area contributed by atoms with Gasteiger partial charge in [-0.15, -0.1) is 12.3 Å². The molecule has 0 saturated carbocycles. The normalized spacial score (nSPS) is 15.2. The molecule has 2 nitrogen and oxygen atoms in total. The molecule has 2 unspecified atom stereocenters. The van der Waals surface area contributed by atoms with E-state index in [0.29, 0.717) is 12.8 Å². The maximum Gasteiger partial charge on any atom is 0.307 e. The molecule has 1 N–H and O–H groups in total. The van der Waals surface area contributed by atoms with Crippen molar-refractivity contribution in [3.8, 4) is 12.3 Å². The highest BCUT2D eigenvalue weighted by Gasteiger charge is 2.17. The largest absolute Gasteiger partial charge is 0.481 e. The van der Waals surface area contributed by atoms with Crippen LogP contribution in [0, 0.1) is 24.2 Å². The van der Waals surface area contributed by atoms with E-state index in [2.05, 4.69) is 5.92 Å². The summed E-state index contributed by atoms with van der Waals surface area (Å²) in [6, 6.07) is 0. The third-order valence-electron chi connectivity index (χ3n) is 1.89. The van der Waals surface area contributed by atoms with E-state index in [1.165, 1.54) is 0 Å². The number of aliphatic carboxylic acids is 1. The lowest BCUT2D eigenvalue weighted by Crippen LogP contribution is -2.15. The van der Waals surface area contributed by atoms with Crippen LogP contribution in [0.25, 0.3) is 0 Å². The second-order valence-electron chi connectivity index (χ2n) is 3.18. The van der Waals surface area contributed by atoms with Crippen LogP contribution in [0.5, 0.6) is 0 Å². The molecule has 72 valence electrons. The Bertz CT molecular complexity index is 223. The average Bonchev–Trinajstić information content (AvgIpc) is 2.04. The van der Waals surface area contributed by atoms with Gasteiger partial charge in [-0.2, -0.15) is 0 Å². The van der Waals surface area contributed by atoms with Gasteiger partial charge in [0.15, 0.2) is 0 Å². The van der Waals surface area contributed by atoms with Crippen molar-refractivity contribution >= 4 is 5.97 Å². The molecule has 0 bridgehead atoms. The Kier molecular flexibility index (Phi) is 5.71. The quantitative estimate of drug-likeness (QED) is 0.520. The predicted molar refractivity (Wildman–Crippen MR) is 53.2 cm³/mol. The summed E-state index contributed by atoms with van der Waals surface area (Å²) in [6.07, 6.45) is 9.94. The molecule has 0 rings (SSSR count). The number of terminal acetylenes is 1. The first-order valence-corrected chi connectivity index (χ1v) is 4.40. The van der Waals surface area contributed by atoms with Crippen molar-refractivity contribution in [2.24, 2.45) is 11.8 Å². The summed E-state index contributed by atoms with van der Waals surface area (Å²) in [5.41, 5.74) is 0. The summed E-state index contributed by atoms with van der Waals surface area (Å²) < 4.78 is 0. The summed E-state index contributed by atoms with van der Waals surface area (Å²) in [4.78, 5) is 10.7. The van der Waals surface area contributed by atoms with E-state index in [9.17, 15) is 4.79 Å². The van der Waals surface area contributed by atoms with Crippen LogP contribution in [-0.2, 0) is 4.79 Å². The molecule has 0 aromatic carbocycles. The van der Waals surface area contributed by atoms with Crippen molar-refractivity contribution in [2.45, 2.75) is 26.7 Å². The molecular weight excluding hydrogens is 164 g/mol. The molecule has 0 amide bonds. The molecule has 2 heteroatoms. The number of carboxylic acid groups (broad SMARTS) is 1. The van der Waals surface area contributed by atoms with Gasteiger partial charge in [-0.1, -0.05) is 19.1 Å². The average molecular weight is 180 g/mol. The molecule has 0 aliphatic heterocycles. The Morgan fingerprint density at radius 1 is 1.69 bits per heavy atom. The van der Waals surface area contributed by atoms with E-state index in [0.717, 1.165) is 0 Å². The molecule has 0 spiro atoms. The molecule has 0 aromatic rings. The van der Waals surface area contributed by atoms with E-state index in [-0.39, 0.29) is 5.92 Å². The highest BCUT2D eigenvalue weighted by atomic mass is 16.4. The van der Waals surface area contributed by atoms with E-state index >= 15 is 0 Å². The summed E-state index contributed by atoms with van der Waals surface area (Å²) in [5.74, 6) is 1.47. The van der Waals surface area contributed by atoms with Crippen LogP contribution in [0.15, 0.2) is 12.2 Å². The summed E-state index contributed by atoms with van der Waals surface area (Å²) in [5, 5.41) is 8.80. The molecule has 0 saturated heterocycles. The first-order valence-electron chi connectivity index (χ1n) is 4.40. The summed E-state index contributed by atoms with van der Waals surface area (Å²) in [6.45, 7) is 3.92. The van der Waals surface area contributed by atoms with Crippen LogP contribution >= 0.6 is 0 Å². The first kappa shape index (κ1) is 11.8. The monoisotopic (exact) mass is 180 g/mol. The number of hydrogen-bond acceptors (Lipinski definition) is 1. The van der Waals surface area contributed by atoms with Crippen molar-refractivity contribution < 1.29 is 9.90 Å². The van der Waals surface area contributed by atoms with E-state index in [1.807, 2.05) is 26.0 Å². The van der Waals surface area contributed by atoms with Crippen LogP contribution in [0.1, 0.15) is 26.7 Å². The topological polar surface area (TPSA) is 37.3 Å². The van der Waals surface area contributed by atoms with E-state index in [4.69, 9.17) is 11.5 Å². The zero-order valence-corrected chi connectivity index (χ0v) is 8.16. The predicted octanol–water partition coefficient (Wildman–Crippen LogP) is 2.31. The van der Waals surface area contributed by atoms with Gasteiger partial charge < -0.3 is 5.11 Å². The van der Waals surface area contributed by atoms with Crippen LogP contribution in [0.4, 0.5) is 0 Å². The second kappa shape index (κ2) is 6.30. The van der Waals surface area contributed by atoms with E-state index < -0.39 is 11.9 Å². The van der Waals surface area contributed by atoms with Crippen LogP contribution < -0.4 is 0 Å². The fourth-order valence-corrected chi connectivity index (χ4v) is 1.27. The number of rotatable bonds is 5. The molecule has 0 aromatic heterocycles. The van der Waals surface area contributed by atoms with Gasteiger partial charge >= 0.3 is 5.97 Å². The molecule has 2 atom stereocenters. The molecule has 13 heavy (non-hydrogen) atoms. The lowest BCUT2D eigenvalue weighted by molar-refractivity contribution is -0.142. The third-order valence-corrected chi connectivity index (χ3v) is 1.89. The van der Waals surface area contributed by atoms with Crippen molar-refractivity contribution in [2.75, 3.05) is 0 Å². The van der Waals surface area contributed by atoms with Crippen molar-refractivity contribution in [1.82, 2.24) is 0 Å². The smallest absolute Gasteiger partial charge is 0.307 e. The Morgan fingerprint density at radius 2 is 2.31 bits per heavy atom. The number of carbonyl (C=O) groups is 1. The van der Waals surface area contributed by atoms with Crippen molar-refractivity contribution in [3.63, 3.8) is 0 Å². The highest BCUT2D eigenvalue weighted by Crippen LogP contribution is 2.16. The Morgan fingerprint density at radius 3 is 2.69 bits per heavy atom. The Labute approximate surface area is 79.7 Å². The minimum Gasteiger partial charge on any atom is -0.481 e. The van der Waals surface area contributed by atoms with Crippen LogP contribution in [-0.4, -0.2) is 11.1 Å². The van der Waals surface area contributed by atoms with Crippen LogP contribution in [0.3, 0.4) is 0 Å². The molecule has 0 radical (unpaired) electrons. The summed E-state index contributed by atoms with van der Waals surface area (Å²) >= 11 is 0. The van der Waals surface area contributed by atoms with Gasteiger partial charge in [0, 0.05) is 6.42 Å². The standard InChI is InChI=1S/C11H16O2/c1-4-6-9(3)8-10(7-5-2)11(12)13/h2,4,6,9-10H,7-8H2,1,3H3,(H,12,13). The third kappa shape index (κ3) is 5.08. The van der Waals surface area contributed by atoms with Gasteiger partial charge in [0.25, 0.3) is 0 Å². The number of hydrogen-bond donors (Lipinski definition) is 1. The zero-order chi connectivity index (χ0) is 10.3. The maximum absolute atomic E-state index is 10.7. The number of carboxylic acids is 1. The van der Waals surface area contributed by atoms with Gasteiger partial charge in [-0.25, -0.2) is 0 Å². The maximum atomic E-state index is 10.7. The van der Waals surface area contributed by atoms with E-state index in [1.54, 1.807) is 0 Å². The van der Waals surface area contributed by atoms with Crippen molar-refractivity contribution in [1.29, 1.82) is 0 Å². The first-order chi connectivity index (χ1) is 6.11. The van der Waals surface area contributed by atoms with Gasteiger partial charge in [0.2, 0.25) is 0 Å². The zero-order valence-electron chi connectivity index (χ0n) is 8.16. The molecular formula is C11H16O2. The fourth-order valence-electron chi connectivity index (χ4n) is 1.27. The number of allylic oxidation sites excluding steroid dienone is 2. The molecule has 0 heterocycles. The van der Waals surface area contributed by atoms with Gasteiger partial charge in [-0.05, 0) is 19.3 Å². The highest BCUT2D eigenvalue weighted by molar-refractivity contribution is 5.70.